The van der Waals surface area contributed by atoms with Gasteiger partial charge in [-0.25, -0.2) is 4.79 Å². The summed E-state index contributed by atoms with van der Waals surface area (Å²) in [5, 5.41) is 2.77. The molecule has 0 saturated heterocycles. The molecule has 1 N–H and O–H groups in total. The number of ether oxygens (including phenoxy) is 4. The fraction of sp³-hybridized carbons (Fsp3) is 0.400. The van der Waals surface area contributed by atoms with Crippen LogP contribution < -0.4 is 14.8 Å². The molecule has 176 valence electrons. The molecule has 2 aromatic rings. The highest BCUT2D eigenvalue weighted by Crippen LogP contribution is 2.47. The Bertz CT molecular complexity index is 1030. The smallest absolute Gasteiger partial charge is 0.408 e. The Kier molecular flexibility index (Phi) is 6.95. The van der Waals surface area contributed by atoms with Gasteiger partial charge in [-0.3, -0.25) is 9.59 Å². The zero-order chi connectivity index (χ0) is 24.2. The largest absolute Gasteiger partial charge is 0.496 e. The molecular weight excluding hydrogens is 426 g/mol. The van der Waals surface area contributed by atoms with E-state index in [1.54, 1.807) is 76.2 Å². The number of hydrogen-bond donors (Lipinski definition) is 1. The molecule has 8 nitrogen and oxygen atoms in total. The van der Waals surface area contributed by atoms with E-state index < -0.39 is 41.5 Å². The van der Waals surface area contributed by atoms with E-state index in [1.165, 1.54) is 7.11 Å². The summed E-state index contributed by atoms with van der Waals surface area (Å²) in [5.41, 5.74) is -1.81. The minimum absolute atomic E-state index is 0.134. The van der Waals surface area contributed by atoms with E-state index in [0.29, 0.717) is 11.3 Å². The highest BCUT2D eigenvalue weighted by atomic mass is 16.6. The number of carbonyl (C=O) groups is 3. The van der Waals surface area contributed by atoms with Gasteiger partial charge < -0.3 is 24.3 Å². The zero-order valence-corrected chi connectivity index (χ0v) is 19.5. The molecule has 0 bridgehead atoms. The third kappa shape index (κ3) is 5.10. The van der Waals surface area contributed by atoms with Crippen molar-refractivity contribution >= 4 is 17.8 Å². The lowest BCUT2D eigenvalue weighted by Crippen LogP contribution is -2.54. The molecule has 0 saturated carbocycles. The van der Waals surface area contributed by atoms with Gasteiger partial charge in [-0.05, 0) is 45.4 Å². The Morgan fingerprint density at radius 3 is 2.39 bits per heavy atom. The van der Waals surface area contributed by atoms with Crippen molar-refractivity contribution in [2.45, 2.75) is 51.4 Å². The molecule has 0 fully saturated rings. The van der Waals surface area contributed by atoms with E-state index in [9.17, 15) is 14.4 Å². The second-order valence-electron chi connectivity index (χ2n) is 8.63. The maximum Gasteiger partial charge on any atom is 0.408 e. The first-order chi connectivity index (χ1) is 15.6. The minimum atomic E-state index is -1.80. The summed E-state index contributed by atoms with van der Waals surface area (Å²) in [4.78, 5) is 39.4. The average Bonchev–Trinajstić information content (AvgIpc) is 3.04. The number of carbonyl (C=O) groups excluding carboxylic acids is 3. The number of alkyl carbamates (subject to hydrolysis) is 1. The van der Waals surface area contributed by atoms with Crippen LogP contribution in [0.2, 0.25) is 0 Å². The molecular formula is C25H29NO7. The number of fused-ring (bicyclic) bond motifs is 1. The molecule has 0 aromatic heterocycles. The molecule has 1 aliphatic rings. The Hall–Kier alpha value is -3.55. The average molecular weight is 456 g/mol. The Morgan fingerprint density at radius 2 is 1.79 bits per heavy atom. The second kappa shape index (κ2) is 9.52. The van der Waals surface area contributed by atoms with Crippen LogP contribution in [-0.2, 0) is 14.3 Å². The van der Waals surface area contributed by atoms with E-state index in [2.05, 4.69) is 5.32 Å². The Labute approximate surface area is 193 Å². The number of esters is 1. The minimum Gasteiger partial charge on any atom is -0.496 e. The van der Waals surface area contributed by atoms with Gasteiger partial charge in [-0.1, -0.05) is 36.4 Å². The number of rotatable bonds is 7. The van der Waals surface area contributed by atoms with Crippen molar-refractivity contribution in [2.24, 2.45) is 0 Å². The van der Waals surface area contributed by atoms with E-state index in [-0.39, 0.29) is 17.9 Å². The third-order valence-corrected chi connectivity index (χ3v) is 5.08. The van der Waals surface area contributed by atoms with Crippen LogP contribution in [0.1, 0.15) is 56.1 Å². The van der Waals surface area contributed by atoms with Crippen LogP contribution in [0, 0.1) is 0 Å². The van der Waals surface area contributed by atoms with Crippen LogP contribution in [0.3, 0.4) is 0 Å². The number of Topliss-reactive ketones (excluding diaryl/α,β-unsaturated/α-hetero) is 1. The number of benzene rings is 2. The molecule has 33 heavy (non-hydrogen) atoms. The summed E-state index contributed by atoms with van der Waals surface area (Å²) < 4.78 is 22.2. The summed E-state index contributed by atoms with van der Waals surface area (Å²) in [7, 11) is 1.45. The van der Waals surface area contributed by atoms with Gasteiger partial charge in [0.25, 0.3) is 0 Å². The Morgan fingerprint density at radius 1 is 1.09 bits per heavy atom. The number of amides is 1. The van der Waals surface area contributed by atoms with Crippen LogP contribution in [0.25, 0.3) is 0 Å². The zero-order valence-electron chi connectivity index (χ0n) is 19.5. The van der Waals surface area contributed by atoms with Gasteiger partial charge in [0, 0.05) is 0 Å². The Balaban J connectivity index is 2.14. The molecule has 0 spiro atoms. The van der Waals surface area contributed by atoms with Gasteiger partial charge in [0.2, 0.25) is 11.4 Å². The van der Waals surface area contributed by atoms with Crippen molar-refractivity contribution in [3.63, 3.8) is 0 Å². The highest BCUT2D eigenvalue weighted by molar-refractivity contribution is 6.11. The van der Waals surface area contributed by atoms with Gasteiger partial charge in [0.15, 0.2) is 0 Å². The van der Waals surface area contributed by atoms with Crippen LogP contribution in [0.5, 0.6) is 11.5 Å². The standard InChI is InChI=1S/C25H29NO7/c1-6-31-19(27)15-25(22(28)20-17(30-5)13-10-14-18(20)32-25)21(16-11-8-7-9-12-16)26-23(29)33-24(2,3)4/h7-14,21H,6,15H2,1-5H3,(H,26,29)/t21-,25+/m1/s1. The molecule has 0 radical (unpaired) electrons. The molecule has 1 aliphatic heterocycles. The van der Waals surface area contributed by atoms with Gasteiger partial charge in [-0.15, -0.1) is 0 Å². The van der Waals surface area contributed by atoms with Crippen molar-refractivity contribution in [2.75, 3.05) is 13.7 Å². The normalized spacial score (nSPS) is 18.0. The molecule has 0 aliphatic carbocycles. The molecule has 3 rings (SSSR count). The number of nitrogens with one attached hydrogen (secondary N) is 1. The number of hydrogen-bond acceptors (Lipinski definition) is 7. The quantitative estimate of drug-likeness (QED) is 0.624. The van der Waals surface area contributed by atoms with E-state index in [4.69, 9.17) is 18.9 Å². The lowest BCUT2D eigenvalue weighted by Gasteiger charge is -2.36. The fourth-order valence-corrected chi connectivity index (χ4v) is 3.82. The maximum atomic E-state index is 13.9. The topological polar surface area (TPSA) is 100 Å². The maximum absolute atomic E-state index is 13.9. The van der Waals surface area contributed by atoms with E-state index in [0.717, 1.165) is 0 Å². The SMILES string of the molecule is CCOC(=O)C[C@@]1([C@H](NC(=O)OC(C)(C)C)c2ccccc2)Oc2cccc(OC)c2C1=O. The second-order valence-corrected chi connectivity index (χ2v) is 8.63. The van der Waals surface area contributed by atoms with Crippen LogP contribution in [0.4, 0.5) is 4.79 Å². The first-order valence-electron chi connectivity index (χ1n) is 10.7. The van der Waals surface area contributed by atoms with Crippen molar-refractivity contribution in [1.29, 1.82) is 0 Å². The van der Waals surface area contributed by atoms with Gasteiger partial charge in [0.1, 0.15) is 28.7 Å². The number of methoxy groups -OCH3 is 1. The van der Waals surface area contributed by atoms with Crippen molar-refractivity contribution in [1.82, 2.24) is 5.32 Å². The predicted octanol–water partition coefficient (Wildman–Crippen LogP) is 4.23. The van der Waals surface area contributed by atoms with E-state index >= 15 is 0 Å². The lowest BCUT2D eigenvalue weighted by atomic mass is 9.81. The van der Waals surface area contributed by atoms with Crippen LogP contribution in [-0.4, -0.2) is 42.8 Å². The van der Waals surface area contributed by atoms with Crippen molar-refractivity contribution < 1.29 is 33.3 Å². The molecule has 2 aromatic carbocycles. The summed E-state index contributed by atoms with van der Waals surface area (Å²) >= 11 is 0. The van der Waals surface area contributed by atoms with Gasteiger partial charge >= 0.3 is 12.1 Å². The fourth-order valence-electron chi connectivity index (χ4n) is 3.82. The van der Waals surface area contributed by atoms with Gasteiger partial charge in [-0.2, -0.15) is 0 Å². The van der Waals surface area contributed by atoms with Crippen molar-refractivity contribution in [3.8, 4) is 11.5 Å². The first-order valence-corrected chi connectivity index (χ1v) is 10.7. The van der Waals surface area contributed by atoms with Crippen molar-refractivity contribution in [3.05, 3.63) is 59.7 Å². The lowest BCUT2D eigenvalue weighted by molar-refractivity contribution is -0.147. The molecule has 2 atom stereocenters. The summed E-state index contributed by atoms with van der Waals surface area (Å²) in [6, 6.07) is 12.7. The van der Waals surface area contributed by atoms with Crippen LogP contribution in [0.15, 0.2) is 48.5 Å². The summed E-state index contributed by atoms with van der Waals surface area (Å²) in [5.74, 6) is -0.555. The summed E-state index contributed by atoms with van der Waals surface area (Å²) in [6.07, 6.45) is -1.17. The molecule has 1 amide bonds. The van der Waals surface area contributed by atoms with E-state index in [1.807, 2.05) is 0 Å². The van der Waals surface area contributed by atoms with Crippen LogP contribution >= 0.6 is 0 Å². The molecule has 1 heterocycles. The number of ketones is 1. The van der Waals surface area contributed by atoms with Gasteiger partial charge in [0.05, 0.1) is 20.1 Å². The predicted molar refractivity (Wildman–Crippen MR) is 120 cm³/mol. The molecule has 8 heteroatoms. The third-order valence-electron chi connectivity index (χ3n) is 5.08. The first kappa shape index (κ1) is 24.1. The highest BCUT2D eigenvalue weighted by Gasteiger charge is 2.57. The monoisotopic (exact) mass is 455 g/mol. The molecule has 0 unspecified atom stereocenters. The summed E-state index contributed by atoms with van der Waals surface area (Å²) in [6.45, 7) is 7.01.